The molecule has 60 valence electrons. The highest BCUT2D eigenvalue weighted by Gasteiger charge is 2.11. The quantitative estimate of drug-likeness (QED) is 0.586. The molecule has 3 heteroatoms. The van der Waals surface area contributed by atoms with Gasteiger partial charge in [0.1, 0.15) is 0 Å². The fourth-order valence-corrected chi connectivity index (χ4v) is 0.736. The van der Waals surface area contributed by atoms with Crippen LogP contribution in [0.2, 0.25) is 0 Å². The summed E-state index contributed by atoms with van der Waals surface area (Å²) >= 11 is 0. The number of rotatable bonds is 3. The van der Waals surface area contributed by atoms with Crippen LogP contribution in [-0.2, 0) is 8.85 Å². The third kappa shape index (κ3) is 8.14. The molecule has 0 aromatic heterocycles. The molecule has 0 saturated carbocycles. The van der Waals surface area contributed by atoms with Crippen molar-refractivity contribution >= 4 is 10.0 Å². The summed E-state index contributed by atoms with van der Waals surface area (Å²) in [6.45, 7) is 10.1. The third-order valence-corrected chi connectivity index (χ3v) is 1.90. The SMILES string of the molecule is CC(C)O[Si]OC(C)(C)C. The van der Waals surface area contributed by atoms with E-state index < -0.39 is 0 Å². The van der Waals surface area contributed by atoms with Crippen molar-refractivity contribution in [3.8, 4) is 0 Å². The van der Waals surface area contributed by atoms with E-state index in [-0.39, 0.29) is 21.7 Å². The summed E-state index contributed by atoms with van der Waals surface area (Å²) in [5.41, 5.74) is -0.0761. The Hall–Kier alpha value is 0.137. The minimum atomic E-state index is -0.0761. The predicted molar refractivity (Wildman–Crippen MR) is 42.8 cm³/mol. The Morgan fingerprint density at radius 1 is 1.20 bits per heavy atom. The van der Waals surface area contributed by atoms with Crippen LogP contribution in [0.15, 0.2) is 0 Å². The Morgan fingerprint density at radius 3 is 2.00 bits per heavy atom. The first-order valence-corrected chi connectivity index (χ1v) is 4.32. The van der Waals surface area contributed by atoms with Crippen molar-refractivity contribution in [2.45, 2.75) is 46.3 Å². The molecule has 2 radical (unpaired) electrons. The predicted octanol–water partition coefficient (Wildman–Crippen LogP) is 1.76. The molecule has 0 bridgehead atoms. The van der Waals surface area contributed by atoms with E-state index in [0.29, 0.717) is 0 Å². The average molecular weight is 160 g/mol. The second-order valence-electron chi connectivity index (χ2n) is 3.46. The molecule has 0 rings (SSSR count). The Labute approximate surface area is 66.0 Å². The summed E-state index contributed by atoms with van der Waals surface area (Å²) in [4.78, 5) is 0. The summed E-state index contributed by atoms with van der Waals surface area (Å²) in [6, 6.07) is 0. The Morgan fingerprint density at radius 2 is 1.70 bits per heavy atom. The van der Waals surface area contributed by atoms with Crippen LogP contribution >= 0.6 is 0 Å². The van der Waals surface area contributed by atoms with Gasteiger partial charge in [-0.1, -0.05) is 0 Å². The van der Waals surface area contributed by atoms with Gasteiger partial charge in [-0.15, -0.1) is 0 Å². The van der Waals surface area contributed by atoms with Gasteiger partial charge in [-0.2, -0.15) is 0 Å². The zero-order chi connectivity index (χ0) is 8.20. The Kier molecular flexibility index (Phi) is 4.16. The first kappa shape index (κ1) is 10.1. The normalized spacial score (nSPS) is 12.6. The molecule has 0 unspecified atom stereocenters. The lowest BCUT2D eigenvalue weighted by molar-refractivity contribution is 0.0860. The van der Waals surface area contributed by atoms with E-state index in [1.807, 2.05) is 34.6 Å². The third-order valence-electron chi connectivity index (χ3n) is 0.632. The minimum absolute atomic E-state index is 0.0761. The maximum absolute atomic E-state index is 5.35. The summed E-state index contributed by atoms with van der Waals surface area (Å²) < 4.78 is 10.6. The van der Waals surface area contributed by atoms with Crippen LogP contribution in [-0.4, -0.2) is 21.7 Å². The monoisotopic (exact) mass is 160 g/mol. The maximum atomic E-state index is 5.35. The first-order valence-electron chi connectivity index (χ1n) is 3.50. The lowest BCUT2D eigenvalue weighted by Gasteiger charge is -2.18. The zero-order valence-corrected chi connectivity index (χ0v) is 8.39. The Bertz CT molecular complexity index is 86.1. The molecule has 0 aromatic carbocycles. The van der Waals surface area contributed by atoms with E-state index in [1.54, 1.807) is 0 Å². The highest BCUT2D eigenvalue weighted by atomic mass is 28.3. The molecule has 0 saturated heterocycles. The van der Waals surface area contributed by atoms with Crippen molar-refractivity contribution in [2.75, 3.05) is 0 Å². The lowest BCUT2D eigenvalue weighted by atomic mass is 10.2. The van der Waals surface area contributed by atoms with Crippen LogP contribution < -0.4 is 0 Å². The Balaban J connectivity index is 3.21. The van der Waals surface area contributed by atoms with Gasteiger partial charge >= 0.3 is 10.0 Å². The van der Waals surface area contributed by atoms with Crippen molar-refractivity contribution in [2.24, 2.45) is 0 Å². The molecular weight excluding hydrogens is 144 g/mol. The van der Waals surface area contributed by atoms with Gasteiger partial charge in [-0.25, -0.2) is 0 Å². The van der Waals surface area contributed by atoms with E-state index in [9.17, 15) is 0 Å². The minimum Gasteiger partial charge on any atom is -0.390 e. The van der Waals surface area contributed by atoms with Gasteiger partial charge in [0.05, 0.1) is 0 Å². The second-order valence-corrected chi connectivity index (χ2v) is 4.07. The molecule has 0 N–H and O–H groups in total. The standard InChI is InChI=1S/C7H16O2Si/c1-6(2)8-10-9-7(3,4)5/h6H,1-5H3. The van der Waals surface area contributed by atoms with Crippen LogP contribution in [0.25, 0.3) is 0 Å². The zero-order valence-electron chi connectivity index (χ0n) is 7.39. The van der Waals surface area contributed by atoms with Crippen LogP contribution in [0.3, 0.4) is 0 Å². The average Bonchev–Trinajstić information content (AvgIpc) is 1.59. The van der Waals surface area contributed by atoms with Crippen LogP contribution in [0.4, 0.5) is 0 Å². The van der Waals surface area contributed by atoms with E-state index in [0.717, 1.165) is 0 Å². The van der Waals surface area contributed by atoms with Crippen molar-refractivity contribution in [1.82, 2.24) is 0 Å². The van der Waals surface area contributed by atoms with Crippen LogP contribution in [0.1, 0.15) is 34.6 Å². The molecule has 0 spiro atoms. The van der Waals surface area contributed by atoms with Crippen molar-refractivity contribution < 1.29 is 8.85 Å². The molecule has 0 aliphatic rings. The van der Waals surface area contributed by atoms with E-state index >= 15 is 0 Å². The molecule has 2 nitrogen and oxygen atoms in total. The highest BCUT2D eigenvalue weighted by Crippen LogP contribution is 2.05. The van der Waals surface area contributed by atoms with Gasteiger partial charge in [0.2, 0.25) is 0 Å². The number of hydrogen-bond acceptors (Lipinski definition) is 2. The van der Waals surface area contributed by atoms with Crippen LogP contribution in [0, 0.1) is 0 Å². The topological polar surface area (TPSA) is 18.5 Å². The molecule has 0 aliphatic carbocycles. The fraction of sp³-hybridized carbons (Fsp3) is 1.00. The largest absolute Gasteiger partial charge is 0.434 e. The van der Waals surface area contributed by atoms with Gasteiger partial charge < -0.3 is 8.85 Å². The highest BCUT2D eigenvalue weighted by molar-refractivity contribution is 6.18. The van der Waals surface area contributed by atoms with E-state index in [2.05, 4.69) is 0 Å². The van der Waals surface area contributed by atoms with Crippen molar-refractivity contribution in [1.29, 1.82) is 0 Å². The molecule has 0 aliphatic heterocycles. The summed E-state index contributed by atoms with van der Waals surface area (Å²) in [7, 11) is 0.164. The summed E-state index contributed by atoms with van der Waals surface area (Å²) in [5, 5.41) is 0. The van der Waals surface area contributed by atoms with Gasteiger partial charge in [0.25, 0.3) is 0 Å². The van der Waals surface area contributed by atoms with Gasteiger partial charge in [0, 0.05) is 11.7 Å². The second kappa shape index (κ2) is 4.11. The van der Waals surface area contributed by atoms with Gasteiger partial charge in [-0.05, 0) is 34.6 Å². The molecule has 0 heterocycles. The van der Waals surface area contributed by atoms with E-state index in [4.69, 9.17) is 8.85 Å². The van der Waals surface area contributed by atoms with Crippen LogP contribution in [0.5, 0.6) is 0 Å². The smallest absolute Gasteiger partial charge is 0.390 e. The molecule has 0 atom stereocenters. The maximum Gasteiger partial charge on any atom is 0.434 e. The van der Waals surface area contributed by atoms with E-state index in [1.165, 1.54) is 0 Å². The molecule has 0 aromatic rings. The van der Waals surface area contributed by atoms with Crippen molar-refractivity contribution in [3.05, 3.63) is 0 Å². The van der Waals surface area contributed by atoms with Crippen molar-refractivity contribution in [3.63, 3.8) is 0 Å². The fourth-order valence-electron chi connectivity index (χ4n) is 0.245. The first-order chi connectivity index (χ1) is 4.42. The number of hydrogen-bond donors (Lipinski definition) is 0. The van der Waals surface area contributed by atoms with Gasteiger partial charge in [-0.3, -0.25) is 0 Å². The molecular formula is C7H16O2Si. The summed E-state index contributed by atoms with van der Waals surface area (Å²) in [5.74, 6) is 0. The molecule has 0 amide bonds. The molecule has 0 fully saturated rings. The molecule has 10 heavy (non-hydrogen) atoms. The van der Waals surface area contributed by atoms with Gasteiger partial charge in [0.15, 0.2) is 0 Å². The summed E-state index contributed by atoms with van der Waals surface area (Å²) in [6.07, 6.45) is 0.265. The lowest BCUT2D eigenvalue weighted by Crippen LogP contribution is -2.24.